The Balaban J connectivity index is 2.20. The number of anilines is 1. The molecule has 0 amide bonds. The Hall–Kier alpha value is -1.94. The quantitative estimate of drug-likeness (QED) is 0.674. The molecule has 0 saturated heterocycles. The van der Waals surface area contributed by atoms with Crippen LogP contribution in [0, 0.1) is 0 Å². The van der Waals surface area contributed by atoms with Gasteiger partial charge in [-0.1, -0.05) is 42.8 Å². The molecule has 104 valence electrons. The Morgan fingerprint density at radius 3 is 2.60 bits per heavy atom. The van der Waals surface area contributed by atoms with Crippen LogP contribution in [-0.2, 0) is 6.42 Å². The summed E-state index contributed by atoms with van der Waals surface area (Å²) in [6.07, 6.45) is 3.01. The van der Waals surface area contributed by atoms with Gasteiger partial charge in [-0.15, -0.1) is 0 Å². The van der Waals surface area contributed by atoms with Crippen LogP contribution >= 0.6 is 11.6 Å². The second-order valence-corrected chi connectivity index (χ2v) is 4.86. The molecule has 0 radical (unpaired) electrons. The number of rotatable bonds is 5. The van der Waals surface area contributed by atoms with Gasteiger partial charge in [-0.2, -0.15) is 0 Å². The summed E-state index contributed by atoms with van der Waals surface area (Å²) in [5.74, 6) is 0.451. The first-order chi connectivity index (χ1) is 9.65. The Labute approximate surface area is 123 Å². The number of benzene rings is 1. The lowest BCUT2D eigenvalue weighted by atomic mass is 10.0. The van der Waals surface area contributed by atoms with Crippen molar-refractivity contribution in [1.82, 2.24) is 9.97 Å². The highest BCUT2D eigenvalue weighted by Crippen LogP contribution is 2.23. The van der Waals surface area contributed by atoms with Crippen molar-refractivity contribution in [2.75, 3.05) is 5.32 Å². The van der Waals surface area contributed by atoms with Gasteiger partial charge in [0.2, 0.25) is 0 Å². The number of aldehydes is 1. The first-order valence-electron chi connectivity index (χ1n) is 6.46. The second-order valence-electron chi connectivity index (χ2n) is 4.51. The van der Waals surface area contributed by atoms with E-state index in [0.29, 0.717) is 12.1 Å². The zero-order valence-corrected chi connectivity index (χ0v) is 12.2. The van der Waals surface area contributed by atoms with E-state index >= 15 is 0 Å². The molecule has 2 aromatic rings. The van der Waals surface area contributed by atoms with Crippen LogP contribution in [0.25, 0.3) is 0 Å². The van der Waals surface area contributed by atoms with Crippen molar-refractivity contribution < 1.29 is 4.79 Å². The molecule has 0 fully saturated rings. The Bertz CT molecular complexity index is 599. The zero-order chi connectivity index (χ0) is 14.5. The van der Waals surface area contributed by atoms with Crippen LogP contribution in [-0.4, -0.2) is 16.3 Å². The summed E-state index contributed by atoms with van der Waals surface area (Å²) in [6, 6.07) is 8.35. The van der Waals surface area contributed by atoms with Crippen molar-refractivity contribution in [2.45, 2.75) is 26.3 Å². The fourth-order valence-electron chi connectivity index (χ4n) is 1.92. The molecule has 0 bridgehead atoms. The molecule has 4 nitrogen and oxygen atoms in total. The van der Waals surface area contributed by atoms with Crippen molar-refractivity contribution in [3.8, 4) is 0 Å². The lowest BCUT2D eigenvalue weighted by Crippen LogP contribution is -2.10. The van der Waals surface area contributed by atoms with Gasteiger partial charge in [-0.3, -0.25) is 4.79 Å². The summed E-state index contributed by atoms with van der Waals surface area (Å²) in [4.78, 5) is 18.9. The number of carbonyl (C=O) groups is 1. The third-order valence-electron chi connectivity index (χ3n) is 3.19. The maximum Gasteiger partial charge on any atom is 0.156 e. The molecule has 5 heteroatoms. The van der Waals surface area contributed by atoms with E-state index in [1.807, 2.05) is 6.92 Å². The molecule has 20 heavy (non-hydrogen) atoms. The standard InChI is InChI=1S/C15H16ClN3O/c1-3-11-4-6-12(7-5-11)10(2)19-15-13(8-20)14(16)17-9-18-15/h4-10H,3H2,1-2H3,(H,17,18,19). The third kappa shape index (κ3) is 3.14. The maximum absolute atomic E-state index is 11.0. The van der Waals surface area contributed by atoms with Crippen LogP contribution < -0.4 is 5.32 Å². The molecule has 1 heterocycles. The van der Waals surface area contributed by atoms with Gasteiger partial charge in [0, 0.05) is 6.04 Å². The van der Waals surface area contributed by atoms with E-state index in [4.69, 9.17) is 11.6 Å². The molecule has 0 saturated carbocycles. The van der Waals surface area contributed by atoms with E-state index in [-0.39, 0.29) is 16.8 Å². The Morgan fingerprint density at radius 1 is 1.30 bits per heavy atom. The lowest BCUT2D eigenvalue weighted by molar-refractivity contribution is 0.112. The predicted octanol–water partition coefficient (Wildman–Crippen LogP) is 3.68. The fourth-order valence-corrected chi connectivity index (χ4v) is 2.10. The predicted molar refractivity (Wildman–Crippen MR) is 80.3 cm³/mol. The molecular formula is C15H16ClN3O. The average molecular weight is 290 g/mol. The van der Waals surface area contributed by atoms with Gasteiger partial charge in [0.15, 0.2) is 6.29 Å². The smallest absolute Gasteiger partial charge is 0.156 e. The van der Waals surface area contributed by atoms with Gasteiger partial charge >= 0.3 is 0 Å². The summed E-state index contributed by atoms with van der Waals surface area (Å²) in [5, 5.41) is 3.35. The van der Waals surface area contributed by atoms with Crippen molar-refractivity contribution in [3.63, 3.8) is 0 Å². The molecule has 0 aliphatic rings. The molecule has 1 aromatic heterocycles. The number of aryl methyl sites for hydroxylation is 1. The van der Waals surface area contributed by atoms with Crippen molar-refractivity contribution in [1.29, 1.82) is 0 Å². The van der Waals surface area contributed by atoms with Crippen LogP contribution in [0.4, 0.5) is 5.82 Å². The zero-order valence-electron chi connectivity index (χ0n) is 11.4. The molecule has 0 spiro atoms. The van der Waals surface area contributed by atoms with Gasteiger partial charge in [-0.05, 0) is 24.5 Å². The Morgan fingerprint density at radius 2 is 2.00 bits per heavy atom. The van der Waals surface area contributed by atoms with E-state index in [0.717, 1.165) is 12.0 Å². The number of aromatic nitrogens is 2. The number of nitrogens with zero attached hydrogens (tertiary/aromatic N) is 2. The molecular weight excluding hydrogens is 274 g/mol. The summed E-state index contributed by atoms with van der Waals surface area (Å²) >= 11 is 5.88. The number of carbonyl (C=O) groups excluding carboxylic acids is 1. The molecule has 0 aliphatic heterocycles. The number of nitrogens with one attached hydrogen (secondary N) is 1. The number of halogens is 1. The average Bonchev–Trinajstić information content (AvgIpc) is 2.47. The van der Waals surface area contributed by atoms with Gasteiger partial charge in [-0.25, -0.2) is 9.97 Å². The minimum absolute atomic E-state index is 0.0190. The Kier molecular flexibility index (Phi) is 4.69. The molecule has 1 N–H and O–H groups in total. The van der Waals surface area contributed by atoms with Gasteiger partial charge in [0.25, 0.3) is 0 Å². The van der Waals surface area contributed by atoms with Gasteiger partial charge in [0.1, 0.15) is 17.3 Å². The summed E-state index contributed by atoms with van der Waals surface area (Å²) in [7, 11) is 0. The minimum Gasteiger partial charge on any atom is -0.363 e. The number of hydrogen-bond donors (Lipinski definition) is 1. The van der Waals surface area contributed by atoms with Crippen molar-refractivity contribution >= 4 is 23.7 Å². The monoisotopic (exact) mass is 289 g/mol. The van der Waals surface area contributed by atoms with Crippen molar-refractivity contribution in [3.05, 3.63) is 52.4 Å². The molecule has 1 unspecified atom stereocenters. The van der Waals surface area contributed by atoms with Crippen LogP contribution in [0.15, 0.2) is 30.6 Å². The fraction of sp³-hybridized carbons (Fsp3) is 0.267. The SMILES string of the molecule is CCc1ccc(C(C)Nc2ncnc(Cl)c2C=O)cc1. The first kappa shape index (κ1) is 14.5. The highest BCUT2D eigenvalue weighted by molar-refractivity contribution is 6.32. The largest absolute Gasteiger partial charge is 0.363 e. The minimum atomic E-state index is 0.0190. The summed E-state index contributed by atoms with van der Waals surface area (Å²) in [5.41, 5.74) is 2.69. The van der Waals surface area contributed by atoms with Crippen LogP contribution in [0.3, 0.4) is 0 Å². The van der Waals surface area contributed by atoms with Crippen LogP contribution in [0.5, 0.6) is 0 Å². The van der Waals surface area contributed by atoms with E-state index in [1.54, 1.807) is 0 Å². The van der Waals surface area contributed by atoms with E-state index in [1.165, 1.54) is 11.9 Å². The van der Waals surface area contributed by atoms with Crippen LogP contribution in [0.2, 0.25) is 5.15 Å². The third-order valence-corrected chi connectivity index (χ3v) is 3.50. The summed E-state index contributed by atoms with van der Waals surface area (Å²) in [6.45, 7) is 4.13. The number of hydrogen-bond acceptors (Lipinski definition) is 4. The molecule has 2 rings (SSSR count). The normalized spacial score (nSPS) is 11.9. The highest BCUT2D eigenvalue weighted by Gasteiger charge is 2.12. The summed E-state index contributed by atoms with van der Waals surface area (Å²) < 4.78 is 0. The van der Waals surface area contributed by atoms with Gasteiger partial charge in [0.05, 0.1) is 5.56 Å². The highest BCUT2D eigenvalue weighted by atomic mass is 35.5. The molecule has 0 aliphatic carbocycles. The molecule has 1 aromatic carbocycles. The van der Waals surface area contributed by atoms with E-state index < -0.39 is 0 Å². The maximum atomic E-state index is 11.0. The molecule has 1 atom stereocenters. The van der Waals surface area contributed by atoms with Gasteiger partial charge < -0.3 is 5.32 Å². The van der Waals surface area contributed by atoms with Crippen molar-refractivity contribution in [2.24, 2.45) is 0 Å². The van der Waals surface area contributed by atoms with E-state index in [9.17, 15) is 4.79 Å². The van der Waals surface area contributed by atoms with E-state index in [2.05, 4.69) is 46.5 Å². The lowest BCUT2D eigenvalue weighted by Gasteiger charge is -2.16. The topological polar surface area (TPSA) is 54.9 Å². The first-order valence-corrected chi connectivity index (χ1v) is 6.84. The van der Waals surface area contributed by atoms with Crippen LogP contribution in [0.1, 0.15) is 41.4 Å². The second kappa shape index (κ2) is 6.48.